The van der Waals surface area contributed by atoms with E-state index in [0.717, 1.165) is 27.3 Å². The second-order valence-corrected chi connectivity index (χ2v) is 8.28. The lowest BCUT2D eigenvalue weighted by atomic mass is 10.0. The van der Waals surface area contributed by atoms with Crippen LogP contribution in [0.25, 0.3) is 0 Å². The molecule has 2 atom stereocenters. The van der Waals surface area contributed by atoms with Crippen molar-refractivity contribution in [1.29, 1.82) is 0 Å². The van der Waals surface area contributed by atoms with Gasteiger partial charge < -0.3 is 19.9 Å². The maximum Gasteiger partial charge on any atom is 0.340 e. The summed E-state index contributed by atoms with van der Waals surface area (Å²) in [6.45, 7) is 13.4. The normalized spacial score (nSPS) is 12.9. The highest BCUT2D eigenvalue weighted by Crippen LogP contribution is 2.22. The number of nitrogens with one attached hydrogen (secondary N) is 3. The Morgan fingerprint density at radius 3 is 2.23 bits per heavy atom. The lowest BCUT2D eigenvalue weighted by Crippen LogP contribution is -3.14. The van der Waals surface area contributed by atoms with Gasteiger partial charge in [-0.15, -0.1) is 0 Å². The number of H-pyrrole nitrogens is 1. The molecule has 0 aliphatic carbocycles. The predicted molar refractivity (Wildman–Crippen MR) is 121 cm³/mol. The van der Waals surface area contributed by atoms with Gasteiger partial charge in [-0.25, -0.2) is 4.79 Å². The van der Waals surface area contributed by atoms with Crippen LogP contribution in [0.1, 0.15) is 62.6 Å². The fourth-order valence-electron chi connectivity index (χ4n) is 3.91. The van der Waals surface area contributed by atoms with Crippen LogP contribution < -0.4 is 10.2 Å². The summed E-state index contributed by atoms with van der Waals surface area (Å²) in [7, 11) is 1.81. The number of aryl methyl sites for hydroxylation is 4. The number of esters is 1. The summed E-state index contributed by atoms with van der Waals surface area (Å²) in [4.78, 5) is 41.8. The molecule has 7 heteroatoms. The third-order valence-corrected chi connectivity index (χ3v) is 5.68. The first-order valence-electron chi connectivity index (χ1n) is 10.6. The summed E-state index contributed by atoms with van der Waals surface area (Å²) < 4.78 is 5.10. The molecule has 0 spiro atoms. The standard InChI is InChI=1S/C24H33N3O4/c1-9-31-24(30)20-16(5)22(25-17(20)6)23(29)18(7)27(8)12-19(28)26-21-14(3)10-13(2)11-15(21)4/h10-11,18,25H,9,12H2,1-8H3,(H,26,28)/p+1/t18-/m1/s1. The van der Waals surface area contributed by atoms with Gasteiger partial charge in [0, 0.05) is 11.4 Å². The second kappa shape index (κ2) is 9.92. The van der Waals surface area contributed by atoms with Crippen LogP contribution in [0.3, 0.4) is 0 Å². The molecule has 31 heavy (non-hydrogen) atoms. The van der Waals surface area contributed by atoms with Crippen molar-refractivity contribution in [3.8, 4) is 0 Å². The van der Waals surface area contributed by atoms with E-state index in [9.17, 15) is 14.4 Å². The zero-order valence-corrected chi connectivity index (χ0v) is 19.8. The molecule has 168 valence electrons. The Morgan fingerprint density at radius 1 is 1.10 bits per heavy atom. The molecule has 0 bridgehead atoms. The average molecular weight is 429 g/mol. The zero-order chi connectivity index (χ0) is 23.5. The van der Waals surface area contributed by atoms with E-state index in [-0.39, 0.29) is 24.8 Å². The summed E-state index contributed by atoms with van der Waals surface area (Å²) >= 11 is 0. The van der Waals surface area contributed by atoms with Crippen LogP contribution in [-0.4, -0.2) is 48.9 Å². The molecule has 0 saturated heterocycles. The molecule has 0 aliphatic rings. The molecule has 0 fully saturated rings. The highest BCUT2D eigenvalue weighted by atomic mass is 16.5. The van der Waals surface area contributed by atoms with E-state index in [1.165, 1.54) is 0 Å². The summed E-state index contributed by atoms with van der Waals surface area (Å²) in [5.41, 5.74) is 5.96. The van der Waals surface area contributed by atoms with Gasteiger partial charge in [-0.05, 0) is 65.2 Å². The van der Waals surface area contributed by atoms with Crippen LogP contribution in [0.15, 0.2) is 12.1 Å². The number of Topliss-reactive ketones (excluding diaryl/α,β-unsaturated/α-hetero) is 1. The van der Waals surface area contributed by atoms with E-state index in [1.807, 2.05) is 40.0 Å². The molecule has 2 aromatic rings. The van der Waals surface area contributed by atoms with Crippen molar-refractivity contribution < 1.29 is 24.0 Å². The number of benzene rings is 1. The van der Waals surface area contributed by atoms with Crippen molar-refractivity contribution >= 4 is 23.3 Å². The van der Waals surface area contributed by atoms with Crippen molar-refractivity contribution in [2.75, 3.05) is 25.5 Å². The summed E-state index contributed by atoms with van der Waals surface area (Å²) in [5, 5.41) is 2.98. The number of ketones is 1. The molecule has 1 aromatic carbocycles. The molecule has 1 aromatic heterocycles. The minimum atomic E-state index is -0.474. The maximum absolute atomic E-state index is 13.1. The largest absolute Gasteiger partial charge is 0.462 e. The lowest BCUT2D eigenvalue weighted by Gasteiger charge is -2.21. The van der Waals surface area contributed by atoms with Gasteiger partial charge in [0.1, 0.15) is 0 Å². The van der Waals surface area contributed by atoms with Crippen molar-refractivity contribution in [1.82, 2.24) is 4.98 Å². The third kappa shape index (κ3) is 5.41. The number of likely N-dealkylation sites (N-methyl/N-ethyl adjacent to an activating group) is 1. The van der Waals surface area contributed by atoms with E-state index in [2.05, 4.69) is 10.3 Å². The first-order valence-corrected chi connectivity index (χ1v) is 10.6. The number of anilines is 1. The van der Waals surface area contributed by atoms with Gasteiger partial charge in [0.05, 0.1) is 24.9 Å². The van der Waals surface area contributed by atoms with E-state index >= 15 is 0 Å². The Morgan fingerprint density at radius 2 is 1.68 bits per heavy atom. The SMILES string of the molecule is CCOC(=O)c1c(C)[nH]c(C(=O)[C@@H](C)[NH+](C)CC(=O)Nc2c(C)cc(C)cc2C)c1C. The second-order valence-electron chi connectivity index (χ2n) is 8.28. The zero-order valence-electron chi connectivity index (χ0n) is 19.8. The third-order valence-electron chi connectivity index (χ3n) is 5.68. The van der Waals surface area contributed by atoms with Gasteiger partial charge in [-0.1, -0.05) is 17.7 Å². The fraction of sp³-hybridized carbons (Fsp3) is 0.458. The topological polar surface area (TPSA) is 92.7 Å². The van der Waals surface area contributed by atoms with Crippen LogP contribution >= 0.6 is 0 Å². The van der Waals surface area contributed by atoms with Gasteiger partial charge in [0.15, 0.2) is 12.6 Å². The molecular formula is C24H34N3O4+. The minimum Gasteiger partial charge on any atom is -0.462 e. The van der Waals surface area contributed by atoms with Crippen molar-refractivity contribution in [2.24, 2.45) is 0 Å². The number of quaternary nitrogens is 1. The number of aromatic amines is 1. The van der Waals surface area contributed by atoms with E-state index in [1.54, 1.807) is 27.7 Å². The molecule has 7 nitrogen and oxygen atoms in total. The first-order chi connectivity index (χ1) is 14.5. The quantitative estimate of drug-likeness (QED) is 0.445. The average Bonchev–Trinajstić information content (AvgIpc) is 2.97. The lowest BCUT2D eigenvalue weighted by molar-refractivity contribution is -0.885. The van der Waals surface area contributed by atoms with Crippen LogP contribution in [0, 0.1) is 34.6 Å². The van der Waals surface area contributed by atoms with Gasteiger partial charge in [-0.2, -0.15) is 0 Å². The number of aromatic nitrogens is 1. The number of ether oxygens (including phenoxy) is 1. The highest BCUT2D eigenvalue weighted by Gasteiger charge is 2.30. The number of hydrogen-bond acceptors (Lipinski definition) is 4. The molecule has 1 unspecified atom stereocenters. The molecule has 2 rings (SSSR count). The molecule has 0 aliphatic heterocycles. The van der Waals surface area contributed by atoms with Crippen molar-refractivity contribution in [3.63, 3.8) is 0 Å². The van der Waals surface area contributed by atoms with Gasteiger partial charge in [0.2, 0.25) is 5.78 Å². The Bertz CT molecular complexity index is 983. The Labute approximate surface area is 184 Å². The fourth-order valence-corrected chi connectivity index (χ4v) is 3.91. The van der Waals surface area contributed by atoms with Gasteiger partial charge in [0.25, 0.3) is 5.91 Å². The molecule has 0 saturated carbocycles. The smallest absolute Gasteiger partial charge is 0.340 e. The van der Waals surface area contributed by atoms with E-state index in [0.29, 0.717) is 22.5 Å². The Hall–Kier alpha value is -2.93. The first kappa shape index (κ1) is 24.3. The summed E-state index contributed by atoms with van der Waals surface area (Å²) in [6.07, 6.45) is 0. The van der Waals surface area contributed by atoms with Crippen LogP contribution in [-0.2, 0) is 9.53 Å². The van der Waals surface area contributed by atoms with Crippen molar-refractivity contribution in [3.05, 3.63) is 51.3 Å². The molecule has 3 N–H and O–H groups in total. The Kier molecular flexibility index (Phi) is 7.79. The number of carbonyl (C=O) groups is 3. The summed E-state index contributed by atoms with van der Waals surface area (Å²) in [6, 6.07) is 3.59. The summed E-state index contributed by atoms with van der Waals surface area (Å²) in [5.74, 6) is -0.743. The van der Waals surface area contributed by atoms with E-state index < -0.39 is 12.0 Å². The van der Waals surface area contributed by atoms with Crippen molar-refractivity contribution in [2.45, 2.75) is 54.5 Å². The number of rotatable bonds is 8. The van der Waals surface area contributed by atoms with Crippen LogP contribution in [0.2, 0.25) is 0 Å². The minimum absolute atomic E-state index is 0.142. The monoisotopic (exact) mass is 428 g/mol. The maximum atomic E-state index is 13.1. The van der Waals surface area contributed by atoms with E-state index in [4.69, 9.17) is 4.74 Å². The van der Waals surface area contributed by atoms with Crippen LogP contribution in [0.5, 0.6) is 0 Å². The van der Waals surface area contributed by atoms with Crippen LogP contribution in [0.4, 0.5) is 5.69 Å². The number of carbonyl (C=O) groups excluding carboxylic acids is 3. The highest BCUT2D eigenvalue weighted by molar-refractivity contribution is 6.03. The number of hydrogen-bond donors (Lipinski definition) is 3. The van der Waals surface area contributed by atoms with Gasteiger partial charge in [-0.3, -0.25) is 9.59 Å². The Balaban J connectivity index is 2.12. The molecule has 1 amide bonds. The van der Waals surface area contributed by atoms with Gasteiger partial charge >= 0.3 is 5.97 Å². The molecular weight excluding hydrogens is 394 g/mol. The molecule has 1 heterocycles. The number of amides is 1. The molecule has 0 radical (unpaired) electrons. The predicted octanol–water partition coefficient (Wildman–Crippen LogP) is 2.46.